The van der Waals surface area contributed by atoms with E-state index in [1.807, 2.05) is 13.0 Å². The Bertz CT molecular complexity index is 692. The molecule has 3 aliphatic carbocycles. The molecule has 5 unspecified atom stereocenters. The Morgan fingerprint density at radius 2 is 2.04 bits per heavy atom. The van der Waals surface area contributed by atoms with Gasteiger partial charge in [-0.15, -0.1) is 0 Å². The third-order valence-corrected chi connectivity index (χ3v) is 8.11. The summed E-state index contributed by atoms with van der Waals surface area (Å²) >= 11 is 0. The van der Waals surface area contributed by atoms with Crippen molar-refractivity contribution in [1.29, 1.82) is 0 Å². The fourth-order valence-corrected chi connectivity index (χ4v) is 6.75. The average Bonchev–Trinajstić information content (AvgIpc) is 2.85. The summed E-state index contributed by atoms with van der Waals surface area (Å²) < 4.78 is 0. The molecule has 2 fully saturated rings. The minimum Gasteiger partial charge on any atom is -0.411 e. The molecule has 25 heavy (non-hydrogen) atoms. The predicted octanol–water partition coefficient (Wildman–Crippen LogP) is 4.06. The van der Waals surface area contributed by atoms with Crippen molar-refractivity contribution in [3.63, 3.8) is 0 Å². The van der Waals surface area contributed by atoms with Gasteiger partial charge in [0.25, 0.3) is 0 Å². The number of nitrogens with zero attached hydrogens (tertiary/aromatic N) is 1. The fourth-order valence-electron chi connectivity index (χ4n) is 6.75. The molecule has 1 aliphatic heterocycles. The molecule has 1 amide bonds. The van der Waals surface area contributed by atoms with Crippen LogP contribution >= 0.6 is 0 Å². The lowest BCUT2D eigenvalue weighted by atomic mass is 9.47. The van der Waals surface area contributed by atoms with E-state index in [9.17, 15) is 10.0 Å². The van der Waals surface area contributed by atoms with Crippen LogP contribution in [0.4, 0.5) is 0 Å². The lowest BCUT2D eigenvalue weighted by Crippen LogP contribution is -2.49. The van der Waals surface area contributed by atoms with Crippen molar-refractivity contribution in [3.05, 3.63) is 23.3 Å². The van der Waals surface area contributed by atoms with Gasteiger partial charge in [-0.05, 0) is 79.6 Å². The van der Waals surface area contributed by atoms with E-state index in [1.54, 1.807) is 0 Å². The van der Waals surface area contributed by atoms with Crippen molar-refractivity contribution >= 4 is 11.6 Å². The van der Waals surface area contributed by atoms with E-state index in [2.05, 4.69) is 30.4 Å². The van der Waals surface area contributed by atoms with Gasteiger partial charge in [0, 0.05) is 12.6 Å². The van der Waals surface area contributed by atoms with E-state index in [1.165, 1.54) is 24.0 Å². The van der Waals surface area contributed by atoms with Crippen LogP contribution in [0.3, 0.4) is 0 Å². The standard InChI is InChI=1S/C21H30N2O2/c1-13(23-25)16-6-7-17-15-5-4-14-12-19(24)22-11-10-20(14,2)18(15)8-9-21(16,17)3/h6,12,15,17-18,25H,4-5,7-11H2,1-3H3,(H,22,24). The van der Waals surface area contributed by atoms with Gasteiger partial charge in [-0.1, -0.05) is 30.7 Å². The van der Waals surface area contributed by atoms with Crippen LogP contribution in [0.5, 0.6) is 0 Å². The fraction of sp³-hybridized carbons (Fsp3) is 0.714. The number of fused-ring (bicyclic) bond motifs is 5. The summed E-state index contributed by atoms with van der Waals surface area (Å²) in [7, 11) is 0. The summed E-state index contributed by atoms with van der Waals surface area (Å²) in [5, 5.41) is 15.8. The zero-order valence-corrected chi connectivity index (χ0v) is 15.6. The van der Waals surface area contributed by atoms with Crippen LogP contribution in [0, 0.1) is 28.6 Å². The summed E-state index contributed by atoms with van der Waals surface area (Å²) in [4.78, 5) is 12.0. The van der Waals surface area contributed by atoms with E-state index in [4.69, 9.17) is 0 Å². The largest absolute Gasteiger partial charge is 0.411 e. The maximum absolute atomic E-state index is 12.0. The quantitative estimate of drug-likeness (QED) is 0.429. The van der Waals surface area contributed by atoms with Gasteiger partial charge in [-0.25, -0.2) is 0 Å². The molecule has 0 aromatic heterocycles. The number of oxime groups is 1. The van der Waals surface area contributed by atoms with E-state index in [-0.39, 0.29) is 16.7 Å². The molecular weight excluding hydrogens is 312 g/mol. The molecule has 4 rings (SSSR count). The Balaban J connectivity index is 1.67. The van der Waals surface area contributed by atoms with Crippen molar-refractivity contribution in [2.45, 2.75) is 59.3 Å². The van der Waals surface area contributed by atoms with Crippen LogP contribution in [-0.2, 0) is 4.79 Å². The first-order valence-corrected chi connectivity index (χ1v) is 9.78. The van der Waals surface area contributed by atoms with Gasteiger partial charge < -0.3 is 10.5 Å². The molecule has 4 heteroatoms. The van der Waals surface area contributed by atoms with Crippen LogP contribution in [0.15, 0.2) is 28.5 Å². The third-order valence-electron chi connectivity index (χ3n) is 8.11. The summed E-state index contributed by atoms with van der Waals surface area (Å²) in [6, 6.07) is 0. The SMILES string of the molecule is CC(=NO)C1=CCC2C3CCC4=CC(=O)NCCC4(C)C3CCC12C. The minimum atomic E-state index is 0.0948. The summed E-state index contributed by atoms with van der Waals surface area (Å²) in [6.45, 7) is 7.51. The van der Waals surface area contributed by atoms with Crippen molar-refractivity contribution in [3.8, 4) is 0 Å². The second-order valence-corrected chi connectivity index (χ2v) is 9.04. The Morgan fingerprint density at radius 1 is 1.24 bits per heavy atom. The van der Waals surface area contributed by atoms with Gasteiger partial charge in [0.2, 0.25) is 5.91 Å². The van der Waals surface area contributed by atoms with Gasteiger partial charge in [0.15, 0.2) is 0 Å². The number of nitrogens with one attached hydrogen (secondary N) is 1. The van der Waals surface area contributed by atoms with E-state index >= 15 is 0 Å². The molecule has 0 radical (unpaired) electrons. The van der Waals surface area contributed by atoms with Gasteiger partial charge in [0.1, 0.15) is 0 Å². The molecule has 0 aromatic carbocycles. The Labute approximate surface area is 150 Å². The lowest BCUT2D eigenvalue weighted by Gasteiger charge is -2.57. The molecule has 2 N–H and O–H groups in total. The first kappa shape index (κ1) is 16.9. The van der Waals surface area contributed by atoms with E-state index < -0.39 is 0 Å². The maximum atomic E-state index is 12.0. The summed E-state index contributed by atoms with van der Waals surface area (Å²) in [5.41, 5.74) is 3.74. The number of hydrogen-bond acceptors (Lipinski definition) is 3. The molecule has 4 nitrogen and oxygen atoms in total. The van der Waals surface area contributed by atoms with Gasteiger partial charge in [-0.3, -0.25) is 4.79 Å². The molecule has 0 spiro atoms. The highest BCUT2D eigenvalue weighted by atomic mass is 16.4. The molecule has 0 aromatic rings. The van der Waals surface area contributed by atoms with Crippen molar-refractivity contribution < 1.29 is 10.0 Å². The van der Waals surface area contributed by atoms with Gasteiger partial charge in [-0.2, -0.15) is 0 Å². The zero-order chi connectivity index (χ0) is 17.8. The average molecular weight is 342 g/mol. The summed E-state index contributed by atoms with van der Waals surface area (Å²) in [5.74, 6) is 2.10. The number of rotatable bonds is 1. The van der Waals surface area contributed by atoms with Crippen LogP contribution in [-0.4, -0.2) is 23.4 Å². The van der Waals surface area contributed by atoms with E-state index in [0.717, 1.165) is 37.9 Å². The molecule has 136 valence electrons. The second kappa shape index (κ2) is 5.72. The minimum absolute atomic E-state index is 0.0948. The van der Waals surface area contributed by atoms with Gasteiger partial charge in [0.05, 0.1) is 5.71 Å². The van der Waals surface area contributed by atoms with Crippen molar-refractivity contribution in [2.24, 2.45) is 33.7 Å². The molecule has 2 saturated carbocycles. The zero-order valence-electron chi connectivity index (χ0n) is 15.6. The normalized spacial score (nSPS) is 43.9. The topological polar surface area (TPSA) is 61.7 Å². The smallest absolute Gasteiger partial charge is 0.243 e. The maximum Gasteiger partial charge on any atom is 0.243 e. The Hall–Kier alpha value is -1.58. The molecule has 4 aliphatic rings. The molecule has 5 atom stereocenters. The number of hydrogen-bond donors (Lipinski definition) is 2. The predicted molar refractivity (Wildman–Crippen MR) is 98.5 cm³/mol. The number of amides is 1. The van der Waals surface area contributed by atoms with Gasteiger partial charge >= 0.3 is 0 Å². The monoisotopic (exact) mass is 342 g/mol. The van der Waals surface area contributed by atoms with Crippen molar-refractivity contribution in [2.75, 3.05) is 6.54 Å². The van der Waals surface area contributed by atoms with Crippen LogP contribution in [0.2, 0.25) is 0 Å². The third kappa shape index (κ3) is 2.32. The summed E-state index contributed by atoms with van der Waals surface area (Å²) in [6.07, 6.45) is 11.0. The molecular formula is C21H30N2O2. The number of carbonyl (C=O) groups excluding carboxylic acids is 1. The first-order valence-electron chi connectivity index (χ1n) is 9.78. The number of carbonyl (C=O) groups is 1. The first-order chi connectivity index (χ1) is 11.9. The van der Waals surface area contributed by atoms with E-state index in [0.29, 0.717) is 17.8 Å². The number of allylic oxidation sites excluding steroid dienone is 3. The molecule has 0 bridgehead atoms. The highest BCUT2D eigenvalue weighted by Gasteiger charge is 2.57. The van der Waals surface area contributed by atoms with Crippen molar-refractivity contribution in [1.82, 2.24) is 5.32 Å². The highest BCUT2D eigenvalue weighted by molar-refractivity contribution is 5.99. The van der Waals surface area contributed by atoms with Crippen LogP contribution in [0.1, 0.15) is 59.3 Å². The lowest BCUT2D eigenvalue weighted by molar-refractivity contribution is -0.116. The molecule has 1 heterocycles. The Kier molecular flexibility index (Phi) is 3.86. The highest BCUT2D eigenvalue weighted by Crippen LogP contribution is 2.64. The molecule has 0 saturated heterocycles. The second-order valence-electron chi connectivity index (χ2n) is 9.04. The van der Waals surface area contributed by atoms with Crippen LogP contribution in [0.25, 0.3) is 0 Å². The Morgan fingerprint density at radius 3 is 2.80 bits per heavy atom. The van der Waals surface area contributed by atoms with Crippen LogP contribution < -0.4 is 5.32 Å².